The smallest absolute Gasteiger partial charge is 0.276 e. The first-order valence-corrected chi connectivity index (χ1v) is 8.68. The van der Waals surface area contributed by atoms with E-state index in [1.165, 1.54) is 5.56 Å². The summed E-state index contributed by atoms with van der Waals surface area (Å²) in [7, 11) is 0. The average molecular weight is 390 g/mol. The monoisotopic (exact) mass is 389 g/mol. The number of anilines is 1. The van der Waals surface area contributed by atoms with Crippen molar-refractivity contribution in [2.45, 2.75) is 20.6 Å². The van der Waals surface area contributed by atoms with Crippen LogP contribution in [0, 0.1) is 13.8 Å². The van der Waals surface area contributed by atoms with E-state index in [9.17, 15) is 4.79 Å². The Morgan fingerprint density at radius 1 is 1.12 bits per heavy atom. The van der Waals surface area contributed by atoms with Crippen LogP contribution >= 0.6 is 23.2 Å². The maximum Gasteiger partial charge on any atom is 0.276 e. The Morgan fingerprint density at radius 3 is 2.65 bits per heavy atom. The molecule has 2 aromatic carbocycles. The van der Waals surface area contributed by atoms with Crippen LogP contribution in [0.15, 0.2) is 48.7 Å². The van der Waals surface area contributed by atoms with Gasteiger partial charge in [-0.15, -0.1) is 0 Å². The van der Waals surface area contributed by atoms with Gasteiger partial charge in [-0.05, 0) is 49.7 Å². The van der Waals surface area contributed by atoms with E-state index in [0.29, 0.717) is 15.7 Å². The molecule has 1 amide bonds. The van der Waals surface area contributed by atoms with Crippen molar-refractivity contribution >= 4 is 34.8 Å². The third-order valence-corrected chi connectivity index (χ3v) is 4.47. The fourth-order valence-corrected chi connectivity index (χ4v) is 2.72. The number of amides is 1. The first-order valence-electron chi connectivity index (χ1n) is 7.92. The molecule has 0 bridgehead atoms. The highest BCUT2D eigenvalue weighted by molar-refractivity contribution is 6.42. The Hall–Kier alpha value is -2.50. The summed E-state index contributed by atoms with van der Waals surface area (Å²) in [4.78, 5) is 12.3. The molecule has 26 heavy (non-hydrogen) atoms. The molecule has 5 nitrogen and oxygen atoms in total. The maximum atomic E-state index is 12.3. The van der Waals surface area contributed by atoms with Crippen molar-refractivity contribution in [3.05, 3.63) is 75.5 Å². The molecule has 134 valence electrons. The number of benzene rings is 2. The number of nitrogens with one attached hydrogen (secondary N) is 1. The Morgan fingerprint density at radius 2 is 1.92 bits per heavy atom. The highest BCUT2D eigenvalue weighted by atomic mass is 35.5. The highest BCUT2D eigenvalue weighted by Gasteiger charge is 2.11. The second-order valence-corrected chi connectivity index (χ2v) is 6.68. The Bertz CT molecular complexity index is 954. The van der Waals surface area contributed by atoms with Gasteiger partial charge in [0, 0.05) is 11.9 Å². The second-order valence-electron chi connectivity index (χ2n) is 5.87. The molecule has 0 radical (unpaired) electrons. The van der Waals surface area contributed by atoms with Crippen LogP contribution in [0.25, 0.3) is 0 Å². The van der Waals surface area contributed by atoms with E-state index in [4.69, 9.17) is 27.9 Å². The van der Waals surface area contributed by atoms with Gasteiger partial charge >= 0.3 is 0 Å². The summed E-state index contributed by atoms with van der Waals surface area (Å²) >= 11 is 11.8. The minimum atomic E-state index is -0.339. The lowest BCUT2D eigenvalue weighted by Crippen LogP contribution is -2.14. The van der Waals surface area contributed by atoms with Crippen molar-refractivity contribution in [1.82, 2.24) is 9.78 Å². The molecular formula is C19H17Cl2N3O2. The number of ether oxygens (including phenoxy) is 1. The van der Waals surface area contributed by atoms with Crippen molar-refractivity contribution in [2.24, 2.45) is 0 Å². The molecule has 0 unspecified atom stereocenters. The Kier molecular flexibility index (Phi) is 5.49. The summed E-state index contributed by atoms with van der Waals surface area (Å²) in [6.07, 6.45) is 1.69. The van der Waals surface area contributed by atoms with Crippen LogP contribution in [-0.4, -0.2) is 15.7 Å². The van der Waals surface area contributed by atoms with E-state index in [2.05, 4.69) is 16.5 Å². The van der Waals surface area contributed by atoms with E-state index < -0.39 is 0 Å². The van der Waals surface area contributed by atoms with Crippen molar-refractivity contribution < 1.29 is 9.53 Å². The van der Waals surface area contributed by atoms with Crippen LogP contribution in [0.3, 0.4) is 0 Å². The molecule has 0 aliphatic rings. The van der Waals surface area contributed by atoms with Crippen molar-refractivity contribution in [2.75, 3.05) is 5.32 Å². The molecule has 1 aromatic heterocycles. The fourth-order valence-electron chi connectivity index (χ4n) is 2.42. The lowest BCUT2D eigenvalue weighted by atomic mass is 10.1. The van der Waals surface area contributed by atoms with E-state index in [-0.39, 0.29) is 18.3 Å². The summed E-state index contributed by atoms with van der Waals surface area (Å²) in [6, 6.07) is 12.5. The molecule has 0 aliphatic heterocycles. The summed E-state index contributed by atoms with van der Waals surface area (Å²) in [6.45, 7) is 4.23. The van der Waals surface area contributed by atoms with Gasteiger partial charge in [0.25, 0.3) is 5.91 Å². The number of rotatable bonds is 5. The van der Waals surface area contributed by atoms with E-state index in [0.717, 1.165) is 11.3 Å². The van der Waals surface area contributed by atoms with Crippen LogP contribution in [0.1, 0.15) is 21.6 Å². The van der Waals surface area contributed by atoms with Crippen LogP contribution < -0.4 is 10.1 Å². The predicted octanol–water partition coefficient (Wildman–Crippen LogP) is 5.10. The van der Waals surface area contributed by atoms with Gasteiger partial charge in [0.15, 0.2) is 12.4 Å². The van der Waals surface area contributed by atoms with Crippen LogP contribution in [0.4, 0.5) is 5.69 Å². The van der Waals surface area contributed by atoms with E-state index >= 15 is 0 Å². The molecule has 7 heteroatoms. The third-order valence-electron chi connectivity index (χ3n) is 3.73. The molecule has 1 heterocycles. The number of carbonyl (C=O) groups excluding carboxylic acids is 1. The molecule has 3 aromatic rings. The summed E-state index contributed by atoms with van der Waals surface area (Å²) in [5.74, 6) is 0.446. The zero-order valence-electron chi connectivity index (χ0n) is 14.3. The largest absolute Gasteiger partial charge is 0.471 e. The van der Waals surface area contributed by atoms with Gasteiger partial charge in [0.05, 0.1) is 10.0 Å². The van der Waals surface area contributed by atoms with Gasteiger partial charge in [-0.2, -0.15) is 5.10 Å². The zero-order valence-corrected chi connectivity index (χ0v) is 15.8. The maximum absolute atomic E-state index is 12.3. The third kappa shape index (κ3) is 4.36. The minimum Gasteiger partial charge on any atom is -0.471 e. The number of aryl methyl sites for hydroxylation is 2. The molecule has 3 rings (SSSR count). The van der Waals surface area contributed by atoms with Gasteiger partial charge in [-0.1, -0.05) is 40.9 Å². The van der Waals surface area contributed by atoms with Crippen LogP contribution in [-0.2, 0) is 6.73 Å². The molecule has 0 spiro atoms. The first kappa shape index (κ1) is 18.3. The van der Waals surface area contributed by atoms with Gasteiger partial charge < -0.3 is 10.1 Å². The SMILES string of the molecule is Cc1ccc(OCn2ccc(C(=O)Nc3ccc(Cl)c(Cl)c3)n2)c(C)c1. The lowest BCUT2D eigenvalue weighted by Gasteiger charge is -2.09. The molecule has 0 saturated heterocycles. The molecular weight excluding hydrogens is 373 g/mol. The second kappa shape index (κ2) is 7.81. The number of nitrogens with zero attached hydrogens (tertiary/aromatic N) is 2. The lowest BCUT2D eigenvalue weighted by molar-refractivity contribution is 0.102. The number of halogens is 2. The minimum absolute atomic E-state index is 0.212. The number of hydrogen-bond acceptors (Lipinski definition) is 3. The topological polar surface area (TPSA) is 56.1 Å². The number of aromatic nitrogens is 2. The average Bonchev–Trinajstić information content (AvgIpc) is 3.06. The van der Waals surface area contributed by atoms with Crippen molar-refractivity contribution in [3.63, 3.8) is 0 Å². The first-order chi connectivity index (χ1) is 12.4. The van der Waals surface area contributed by atoms with Gasteiger partial charge in [0.2, 0.25) is 0 Å². The number of carbonyl (C=O) groups is 1. The highest BCUT2D eigenvalue weighted by Crippen LogP contribution is 2.25. The molecule has 0 atom stereocenters. The normalized spacial score (nSPS) is 10.6. The standard InChI is InChI=1S/C19H17Cl2N3O2/c1-12-3-6-18(13(2)9-12)26-11-24-8-7-17(23-24)19(25)22-14-4-5-15(20)16(21)10-14/h3-10H,11H2,1-2H3,(H,22,25). The van der Waals surface area contributed by atoms with Gasteiger partial charge in [-0.25, -0.2) is 4.68 Å². The Balaban J connectivity index is 1.63. The number of hydrogen-bond donors (Lipinski definition) is 1. The quantitative estimate of drug-likeness (QED) is 0.660. The molecule has 0 saturated carbocycles. The van der Waals surface area contributed by atoms with Crippen molar-refractivity contribution in [3.8, 4) is 5.75 Å². The van der Waals surface area contributed by atoms with Crippen LogP contribution in [0.5, 0.6) is 5.75 Å². The summed E-state index contributed by atoms with van der Waals surface area (Å²) in [5, 5.41) is 7.76. The van der Waals surface area contributed by atoms with Crippen LogP contribution in [0.2, 0.25) is 10.0 Å². The Labute approximate surface area is 161 Å². The fraction of sp³-hybridized carbons (Fsp3) is 0.158. The van der Waals surface area contributed by atoms with E-state index in [1.807, 2.05) is 26.0 Å². The molecule has 0 fully saturated rings. The zero-order chi connectivity index (χ0) is 18.7. The molecule has 0 aliphatic carbocycles. The van der Waals surface area contributed by atoms with Crippen molar-refractivity contribution in [1.29, 1.82) is 0 Å². The predicted molar refractivity (Wildman–Crippen MR) is 103 cm³/mol. The van der Waals surface area contributed by atoms with Gasteiger partial charge in [-0.3, -0.25) is 4.79 Å². The summed E-state index contributed by atoms with van der Waals surface area (Å²) < 4.78 is 7.31. The molecule has 1 N–H and O–H groups in total. The summed E-state index contributed by atoms with van der Waals surface area (Å²) in [5.41, 5.74) is 3.05. The van der Waals surface area contributed by atoms with Gasteiger partial charge in [0.1, 0.15) is 5.75 Å². The van der Waals surface area contributed by atoms with E-state index in [1.54, 1.807) is 35.1 Å².